The number of hydrogen-bond donors (Lipinski definition) is 2. The number of fused-ring (bicyclic) bond motifs is 1. The molecule has 0 fully saturated rings. The molecule has 0 saturated heterocycles. The Balaban J connectivity index is 1.72. The SMILES string of the molecule is Cc1c(C(=O)NCCCCCCCC(=O)O)oc2c1C(=O)CCC2. The van der Waals surface area contributed by atoms with Crippen LogP contribution in [-0.2, 0) is 11.2 Å². The molecule has 0 bridgehead atoms. The lowest BCUT2D eigenvalue weighted by molar-refractivity contribution is -0.137. The third kappa shape index (κ3) is 4.69. The summed E-state index contributed by atoms with van der Waals surface area (Å²) in [5, 5.41) is 11.4. The van der Waals surface area contributed by atoms with Gasteiger partial charge in [-0.1, -0.05) is 19.3 Å². The summed E-state index contributed by atoms with van der Waals surface area (Å²) in [6.07, 6.45) is 6.59. The molecule has 1 aliphatic rings. The zero-order chi connectivity index (χ0) is 17.5. The lowest BCUT2D eigenvalue weighted by Crippen LogP contribution is -2.24. The highest BCUT2D eigenvalue weighted by molar-refractivity contribution is 6.03. The molecule has 0 unspecified atom stereocenters. The largest absolute Gasteiger partial charge is 0.481 e. The summed E-state index contributed by atoms with van der Waals surface area (Å²) < 4.78 is 5.61. The summed E-state index contributed by atoms with van der Waals surface area (Å²) in [6, 6.07) is 0. The van der Waals surface area contributed by atoms with Crippen molar-refractivity contribution in [3.8, 4) is 0 Å². The van der Waals surface area contributed by atoms with Crippen LogP contribution in [0.3, 0.4) is 0 Å². The molecule has 6 heteroatoms. The van der Waals surface area contributed by atoms with Crippen LogP contribution in [0.2, 0.25) is 0 Å². The van der Waals surface area contributed by atoms with Crippen LogP contribution in [0.5, 0.6) is 0 Å². The molecule has 132 valence electrons. The van der Waals surface area contributed by atoms with E-state index in [-0.39, 0.29) is 23.9 Å². The van der Waals surface area contributed by atoms with Gasteiger partial charge in [-0.25, -0.2) is 0 Å². The van der Waals surface area contributed by atoms with E-state index < -0.39 is 5.97 Å². The Morgan fingerprint density at radius 3 is 2.54 bits per heavy atom. The highest BCUT2D eigenvalue weighted by Gasteiger charge is 2.28. The van der Waals surface area contributed by atoms with Gasteiger partial charge in [-0.3, -0.25) is 14.4 Å². The van der Waals surface area contributed by atoms with Gasteiger partial charge in [0.15, 0.2) is 11.5 Å². The van der Waals surface area contributed by atoms with E-state index >= 15 is 0 Å². The van der Waals surface area contributed by atoms with Gasteiger partial charge in [0.25, 0.3) is 5.91 Å². The number of nitrogens with one attached hydrogen (secondary N) is 1. The lowest BCUT2D eigenvalue weighted by Gasteiger charge is -2.07. The number of ketones is 1. The maximum atomic E-state index is 12.2. The van der Waals surface area contributed by atoms with Crippen molar-refractivity contribution in [1.29, 1.82) is 0 Å². The number of rotatable bonds is 9. The van der Waals surface area contributed by atoms with Crippen molar-refractivity contribution < 1.29 is 23.9 Å². The molecule has 1 heterocycles. The first kappa shape index (κ1) is 18.2. The van der Waals surface area contributed by atoms with E-state index in [1.54, 1.807) is 6.92 Å². The van der Waals surface area contributed by atoms with Crippen LogP contribution in [-0.4, -0.2) is 29.3 Å². The average molecular weight is 335 g/mol. The molecule has 2 rings (SSSR count). The smallest absolute Gasteiger partial charge is 0.303 e. The number of furan rings is 1. The molecule has 0 aromatic carbocycles. The second kappa shape index (κ2) is 8.66. The summed E-state index contributed by atoms with van der Waals surface area (Å²) in [5.41, 5.74) is 1.26. The van der Waals surface area contributed by atoms with Crippen molar-refractivity contribution >= 4 is 17.7 Å². The van der Waals surface area contributed by atoms with Gasteiger partial charge >= 0.3 is 5.97 Å². The van der Waals surface area contributed by atoms with E-state index in [9.17, 15) is 14.4 Å². The predicted octanol–water partition coefficient (Wildman–Crippen LogP) is 3.26. The van der Waals surface area contributed by atoms with Crippen molar-refractivity contribution in [2.75, 3.05) is 6.54 Å². The minimum atomic E-state index is -0.753. The molecule has 1 amide bonds. The Morgan fingerprint density at radius 1 is 1.12 bits per heavy atom. The highest BCUT2D eigenvalue weighted by atomic mass is 16.4. The maximum Gasteiger partial charge on any atom is 0.303 e. The number of aryl methyl sites for hydroxylation is 1. The maximum absolute atomic E-state index is 12.2. The molecule has 0 atom stereocenters. The van der Waals surface area contributed by atoms with Gasteiger partial charge in [0, 0.05) is 31.4 Å². The van der Waals surface area contributed by atoms with Crippen LogP contribution in [0.25, 0.3) is 0 Å². The van der Waals surface area contributed by atoms with Gasteiger partial charge in [0.1, 0.15) is 5.76 Å². The number of Topliss-reactive ketones (excluding diaryl/α,β-unsaturated/α-hetero) is 1. The Morgan fingerprint density at radius 2 is 1.83 bits per heavy atom. The Hall–Kier alpha value is -2.11. The standard InChI is InChI=1S/C18H25NO5/c1-12-16-13(20)8-7-9-14(16)24-17(12)18(23)19-11-6-4-2-3-5-10-15(21)22/h2-11H2,1H3,(H,19,23)(H,21,22). The molecule has 0 radical (unpaired) electrons. The van der Waals surface area contributed by atoms with Crippen molar-refractivity contribution in [3.05, 3.63) is 22.6 Å². The second-order valence-corrected chi connectivity index (χ2v) is 6.30. The number of carboxylic acids is 1. The van der Waals surface area contributed by atoms with Gasteiger partial charge in [-0.2, -0.15) is 0 Å². The molecular formula is C18H25NO5. The number of carbonyl (C=O) groups is 3. The van der Waals surface area contributed by atoms with E-state index in [1.807, 2.05) is 0 Å². The second-order valence-electron chi connectivity index (χ2n) is 6.30. The van der Waals surface area contributed by atoms with Gasteiger partial charge in [-0.15, -0.1) is 0 Å². The van der Waals surface area contributed by atoms with E-state index in [0.717, 1.165) is 32.1 Å². The normalized spacial score (nSPS) is 13.6. The van der Waals surface area contributed by atoms with E-state index in [0.29, 0.717) is 42.7 Å². The summed E-state index contributed by atoms with van der Waals surface area (Å²) in [6.45, 7) is 2.32. The van der Waals surface area contributed by atoms with E-state index in [2.05, 4.69) is 5.32 Å². The molecule has 0 saturated carbocycles. The zero-order valence-electron chi connectivity index (χ0n) is 14.2. The van der Waals surface area contributed by atoms with Crippen LogP contribution in [0.1, 0.15) is 83.6 Å². The van der Waals surface area contributed by atoms with Gasteiger partial charge in [0.05, 0.1) is 5.56 Å². The fraction of sp³-hybridized carbons (Fsp3) is 0.611. The molecule has 0 aliphatic heterocycles. The number of hydrogen-bond acceptors (Lipinski definition) is 4. The molecule has 1 aromatic rings. The first-order chi connectivity index (χ1) is 11.5. The van der Waals surface area contributed by atoms with Crippen LogP contribution >= 0.6 is 0 Å². The third-order valence-electron chi connectivity index (χ3n) is 4.37. The minimum absolute atomic E-state index is 0.0675. The number of unbranched alkanes of at least 4 members (excludes halogenated alkanes) is 4. The quantitative estimate of drug-likeness (QED) is 0.675. The number of carboxylic acid groups (broad SMARTS) is 1. The first-order valence-corrected chi connectivity index (χ1v) is 8.66. The third-order valence-corrected chi connectivity index (χ3v) is 4.37. The van der Waals surface area contributed by atoms with Gasteiger partial charge < -0.3 is 14.8 Å². The number of amides is 1. The summed E-state index contributed by atoms with van der Waals surface area (Å²) in [5.74, 6) is -0.0419. The fourth-order valence-electron chi connectivity index (χ4n) is 3.08. The Kier molecular flexibility index (Phi) is 6.58. The summed E-state index contributed by atoms with van der Waals surface area (Å²) in [4.78, 5) is 34.5. The van der Waals surface area contributed by atoms with E-state index in [4.69, 9.17) is 9.52 Å². The summed E-state index contributed by atoms with van der Waals surface area (Å²) in [7, 11) is 0. The number of carbonyl (C=O) groups excluding carboxylic acids is 2. The first-order valence-electron chi connectivity index (χ1n) is 8.66. The Labute approximate surface area is 141 Å². The van der Waals surface area contributed by atoms with Crippen molar-refractivity contribution in [1.82, 2.24) is 5.32 Å². The average Bonchev–Trinajstić information content (AvgIpc) is 2.88. The predicted molar refractivity (Wildman–Crippen MR) is 88.4 cm³/mol. The molecule has 6 nitrogen and oxygen atoms in total. The monoisotopic (exact) mass is 335 g/mol. The van der Waals surface area contributed by atoms with Gasteiger partial charge in [-0.05, 0) is 26.2 Å². The Bertz CT molecular complexity index is 617. The topological polar surface area (TPSA) is 96.6 Å². The molecule has 1 aliphatic carbocycles. The van der Waals surface area contributed by atoms with Crippen molar-refractivity contribution in [2.24, 2.45) is 0 Å². The fourth-order valence-corrected chi connectivity index (χ4v) is 3.08. The molecular weight excluding hydrogens is 310 g/mol. The van der Waals surface area contributed by atoms with Crippen LogP contribution in [0.15, 0.2) is 4.42 Å². The molecule has 2 N–H and O–H groups in total. The molecule has 1 aromatic heterocycles. The van der Waals surface area contributed by atoms with Crippen molar-refractivity contribution in [2.45, 2.75) is 64.7 Å². The van der Waals surface area contributed by atoms with Crippen LogP contribution in [0.4, 0.5) is 0 Å². The lowest BCUT2D eigenvalue weighted by atomic mass is 9.94. The van der Waals surface area contributed by atoms with E-state index in [1.165, 1.54) is 0 Å². The van der Waals surface area contributed by atoms with Gasteiger partial charge in [0.2, 0.25) is 0 Å². The van der Waals surface area contributed by atoms with Crippen LogP contribution < -0.4 is 5.32 Å². The van der Waals surface area contributed by atoms with Crippen LogP contribution in [0, 0.1) is 6.92 Å². The molecule has 24 heavy (non-hydrogen) atoms. The van der Waals surface area contributed by atoms with Crippen molar-refractivity contribution in [3.63, 3.8) is 0 Å². The number of aliphatic carboxylic acids is 1. The highest BCUT2D eigenvalue weighted by Crippen LogP contribution is 2.29. The zero-order valence-corrected chi connectivity index (χ0v) is 14.2. The summed E-state index contributed by atoms with van der Waals surface area (Å²) >= 11 is 0. The molecule has 0 spiro atoms. The minimum Gasteiger partial charge on any atom is -0.481 e.